The summed E-state index contributed by atoms with van der Waals surface area (Å²) in [5.41, 5.74) is 7.78. The number of aromatic nitrogens is 1. The van der Waals surface area contributed by atoms with Crippen LogP contribution >= 0.6 is 11.5 Å². The first-order chi connectivity index (χ1) is 4.34. The van der Waals surface area contributed by atoms with E-state index in [0.29, 0.717) is 6.54 Å². The molecule has 0 saturated carbocycles. The van der Waals surface area contributed by atoms with E-state index in [2.05, 4.69) is 11.3 Å². The molecule has 1 rings (SSSR count). The Labute approximate surface area is 58.9 Å². The van der Waals surface area contributed by atoms with E-state index >= 15 is 0 Å². The Bertz CT molecular complexity index is 183. The molecule has 0 fully saturated rings. The van der Waals surface area contributed by atoms with Crippen LogP contribution in [0.2, 0.25) is 0 Å². The standard InChI is InChI=1S/C6H10N2S/c1-5-4-9-8-6(5)2-3-7/h4H,2-3,7H2,1H3. The second-order valence-electron chi connectivity index (χ2n) is 1.98. The lowest BCUT2D eigenvalue weighted by atomic mass is 10.2. The van der Waals surface area contributed by atoms with Crippen LogP contribution in [0.1, 0.15) is 11.3 Å². The maximum Gasteiger partial charge on any atom is 0.0583 e. The van der Waals surface area contributed by atoms with E-state index in [1.165, 1.54) is 17.1 Å². The van der Waals surface area contributed by atoms with Crippen LogP contribution in [-0.4, -0.2) is 10.9 Å². The number of rotatable bonds is 2. The minimum absolute atomic E-state index is 0.699. The van der Waals surface area contributed by atoms with Gasteiger partial charge in [-0.1, -0.05) is 0 Å². The number of hydrogen-bond donors (Lipinski definition) is 1. The molecule has 0 bridgehead atoms. The minimum atomic E-state index is 0.699. The molecule has 3 heteroatoms. The number of aryl methyl sites for hydroxylation is 1. The summed E-state index contributed by atoms with van der Waals surface area (Å²) in [7, 11) is 0. The molecular weight excluding hydrogens is 132 g/mol. The van der Waals surface area contributed by atoms with Crippen molar-refractivity contribution in [2.45, 2.75) is 13.3 Å². The third-order valence-corrected chi connectivity index (χ3v) is 2.01. The van der Waals surface area contributed by atoms with Gasteiger partial charge in [-0.15, -0.1) is 0 Å². The Balaban J connectivity index is 2.69. The molecule has 1 aromatic heterocycles. The second-order valence-corrected chi connectivity index (χ2v) is 2.61. The van der Waals surface area contributed by atoms with E-state index < -0.39 is 0 Å². The van der Waals surface area contributed by atoms with Crippen molar-refractivity contribution in [1.82, 2.24) is 4.37 Å². The van der Waals surface area contributed by atoms with E-state index in [0.717, 1.165) is 12.1 Å². The fourth-order valence-corrected chi connectivity index (χ4v) is 1.40. The van der Waals surface area contributed by atoms with Gasteiger partial charge in [-0.05, 0) is 30.6 Å². The molecule has 9 heavy (non-hydrogen) atoms. The van der Waals surface area contributed by atoms with Gasteiger partial charge in [0.05, 0.1) is 5.69 Å². The molecule has 0 unspecified atom stereocenters. The number of nitrogens with zero attached hydrogens (tertiary/aromatic N) is 1. The SMILES string of the molecule is Cc1csnc1CCN. The van der Waals surface area contributed by atoms with Crippen molar-refractivity contribution in [3.05, 3.63) is 16.6 Å². The molecule has 0 aliphatic carbocycles. The predicted octanol–water partition coefficient (Wildman–Crippen LogP) is 0.953. The lowest BCUT2D eigenvalue weighted by Gasteiger charge is -1.90. The lowest BCUT2D eigenvalue weighted by molar-refractivity contribution is 0.934. The van der Waals surface area contributed by atoms with Gasteiger partial charge in [-0.3, -0.25) is 0 Å². The molecule has 0 atom stereocenters. The van der Waals surface area contributed by atoms with E-state index in [4.69, 9.17) is 5.73 Å². The Morgan fingerprint density at radius 3 is 3.00 bits per heavy atom. The summed E-state index contributed by atoms with van der Waals surface area (Å²) in [6.45, 7) is 2.76. The zero-order valence-corrected chi connectivity index (χ0v) is 6.24. The van der Waals surface area contributed by atoms with Crippen LogP contribution in [0.4, 0.5) is 0 Å². The first-order valence-electron chi connectivity index (χ1n) is 2.94. The minimum Gasteiger partial charge on any atom is -0.330 e. The Morgan fingerprint density at radius 2 is 2.56 bits per heavy atom. The summed E-state index contributed by atoms with van der Waals surface area (Å²) < 4.78 is 4.17. The maximum absolute atomic E-state index is 5.35. The van der Waals surface area contributed by atoms with Gasteiger partial charge >= 0.3 is 0 Å². The summed E-state index contributed by atoms with van der Waals surface area (Å²) in [4.78, 5) is 0. The van der Waals surface area contributed by atoms with E-state index in [1.54, 1.807) is 0 Å². The summed E-state index contributed by atoms with van der Waals surface area (Å²) >= 11 is 1.50. The zero-order chi connectivity index (χ0) is 6.69. The van der Waals surface area contributed by atoms with Gasteiger partial charge in [0.25, 0.3) is 0 Å². The summed E-state index contributed by atoms with van der Waals surface area (Å²) in [5, 5.41) is 2.05. The van der Waals surface area contributed by atoms with Gasteiger partial charge in [-0.25, -0.2) is 0 Å². The fourth-order valence-electron chi connectivity index (χ4n) is 0.689. The molecule has 1 aromatic rings. The molecule has 0 amide bonds. The van der Waals surface area contributed by atoms with Gasteiger partial charge in [-0.2, -0.15) is 4.37 Å². The molecule has 0 aliphatic rings. The average molecular weight is 142 g/mol. The Morgan fingerprint density at radius 1 is 1.78 bits per heavy atom. The molecule has 2 nitrogen and oxygen atoms in total. The van der Waals surface area contributed by atoms with Crippen molar-refractivity contribution in [3.63, 3.8) is 0 Å². The fraction of sp³-hybridized carbons (Fsp3) is 0.500. The van der Waals surface area contributed by atoms with Crippen molar-refractivity contribution in [2.24, 2.45) is 5.73 Å². The monoisotopic (exact) mass is 142 g/mol. The van der Waals surface area contributed by atoms with Crippen LogP contribution < -0.4 is 5.73 Å². The molecule has 50 valence electrons. The molecule has 0 aromatic carbocycles. The molecule has 0 saturated heterocycles. The molecule has 2 N–H and O–H groups in total. The van der Waals surface area contributed by atoms with E-state index in [9.17, 15) is 0 Å². The van der Waals surface area contributed by atoms with Crippen LogP contribution in [0.15, 0.2) is 5.38 Å². The highest BCUT2D eigenvalue weighted by molar-refractivity contribution is 7.03. The number of nitrogens with two attached hydrogens (primary N) is 1. The quantitative estimate of drug-likeness (QED) is 0.667. The van der Waals surface area contributed by atoms with Crippen molar-refractivity contribution >= 4 is 11.5 Å². The molecule has 0 aliphatic heterocycles. The van der Waals surface area contributed by atoms with Gasteiger partial charge in [0.2, 0.25) is 0 Å². The van der Waals surface area contributed by atoms with Crippen molar-refractivity contribution in [3.8, 4) is 0 Å². The topological polar surface area (TPSA) is 38.9 Å². The van der Waals surface area contributed by atoms with Crippen LogP contribution in [-0.2, 0) is 6.42 Å². The number of hydrogen-bond acceptors (Lipinski definition) is 3. The predicted molar refractivity (Wildman–Crippen MR) is 39.6 cm³/mol. The van der Waals surface area contributed by atoms with Crippen molar-refractivity contribution in [1.29, 1.82) is 0 Å². The van der Waals surface area contributed by atoms with Crippen LogP contribution in [0, 0.1) is 6.92 Å². The molecule has 0 spiro atoms. The van der Waals surface area contributed by atoms with Gasteiger partial charge in [0.1, 0.15) is 0 Å². The average Bonchev–Trinajstić information content (AvgIpc) is 2.18. The summed E-state index contributed by atoms with van der Waals surface area (Å²) in [5.74, 6) is 0. The highest BCUT2D eigenvalue weighted by atomic mass is 32.1. The van der Waals surface area contributed by atoms with Crippen LogP contribution in [0.25, 0.3) is 0 Å². The second kappa shape index (κ2) is 2.94. The Kier molecular flexibility index (Phi) is 2.19. The first kappa shape index (κ1) is 6.71. The highest BCUT2D eigenvalue weighted by Gasteiger charge is 1.97. The Hall–Kier alpha value is -0.410. The summed E-state index contributed by atoms with van der Waals surface area (Å²) in [6.07, 6.45) is 0.912. The van der Waals surface area contributed by atoms with E-state index in [1.807, 2.05) is 5.38 Å². The van der Waals surface area contributed by atoms with E-state index in [-0.39, 0.29) is 0 Å². The van der Waals surface area contributed by atoms with Gasteiger partial charge in [0, 0.05) is 11.8 Å². The highest BCUT2D eigenvalue weighted by Crippen LogP contribution is 2.07. The third-order valence-electron chi connectivity index (χ3n) is 1.23. The van der Waals surface area contributed by atoms with Crippen LogP contribution in [0.3, 0.4) is 0 Å². The third kappa shape index (κ3) is 1.50. The lowest BCUT2D eigenvalue weighted by Crippen LogP contribution is -2.03. The van der Waals surface area contributed by atoms with Gasteiger partial charge < -0.3 is 5.73 Å². The zero-order valence-electron chi connectivity index (χ0n) is 5.42. The molecule has 0 radical (unpaired) electrons. The summed E-state index contributed by atoms with van der Waals surface area (Å²) in [6, 6.07) is 0. The van der Waals surface area contributed by atoms with Crippen LogP contribution in [0.5, 0.6) is 0 Å². The van der Waals surface area contributed by atoms with Crippen molar-refractivity contribution in [2.75, 3.05) is 6.54 Å². The first-order valence-corrected chi connectivity index (χ1v) is 3.78. The molecular formula is C6H10N2S. The van der Waals surface area contributed by atoms with Gasteiger partial charge in [0.15, 0.2) is 0 Å². The smallest absolute Gasteiger partial charge is 0.0583 e. The normalized spacial score (nSPS) is 10.0. The maximum atomic E-state index is 5.35. The molecule has 1 heterocycles. The van der Waals surface area contributed by atoms with Crippen molar-refractivity contribution < 1.29 is 0 Å². The largest absolute Gasteiger partial charge is 0.330 e.